The van der Waals surface area contributed by atoms with Gasteiger partial charge in [0, 0.05) is 28.3 Å². The van der Waals surface area contributed by atoms with E-state index in [2.05, 4.69) is 5.32 Å². The zero-order chi connectivity index (χ0) is 22.0. The van der Waals surface area contributed by atoms with Crippen LogP contribution in [-0.4, -0.2) is 18.8 Å². The Morgan fingerprint density at radius 1 is 1.00 bits per heavy atom. The molecule has 0 saturated heterocycles. The Hall–Kier alpha value is -3.57. The number of anilines is 1. The van der Waals surface area contributed by atoms with Crippen molar-refractivity contribution in [3.05, 3.63) is 95.2 Å². The molecule has 0 fully saturated rings. The molecule has 6 heteroatoms. The number of hydrogen-bond donors (Lipinski definition) is 1. The largest absolute Gasteiger partial charge is 0.497 e. The fourth-order valence-corrected chi connectivity index (χ4v) is 3.59. The Bertz CT molecular complexity index is 1260. The van der Waals surface area contributed by atoms with E-state index in [1.165, 1.54) is 0 Å². The number of halogens is 1. The second-order valence-corrected chi connectivity index (χ2v) is 7.53. The van der Waals surface area contributed by atoms with Gasteiger partial charge in [-0.1, -0.05) is 42.5 Å². The van der Waals surface area contributed by atoms with Crippen LogP contribution < -0.4 is 10.1 Å². The van der Waals surface area contributed by atoms with Gasteiger partial charge in [0.25, 0.3) is 0 Å². The van der Waals surface area contributed by atoms with Gasteiger partial charge in [-0.05, 0) is 36.8 Å². The van der Waals surface area contributed by atoms with Gasteiger partial charge < -0.3 is 14.5 Å². The van der Waals surface area contributed by atoms with E-state index in [0.29, 0.717) is 28.1 Å². The molecular weight excluding hydrogens is 414 g/mol. The summed E-state index contributed by atoms with van der Waals surface area (Å²) in [5.74, 6) is 0.274. The average Bonchev–Trinajstić information content (AvgIpc) is 3.14. The van der Waals surface area contributed by atoms with Crippen LogP contribution in [0.4, 0.5) is 5.69 Å². The molecule has 0 bridgehead atoms. The first kappa shape index (κ1) is 20.7. The first-order valence-corrected chi connectivity index (χ1v) is 10.1. The number of ether oxygens (including phenoxy) is 1. The summed E-state index contributed by atoms with van der Waals surface area (Å²) in [4.78, 5) is 25.5. The molecule has 4 aromatic rings. The Kier molecular flexibility index (Phi) is 5.78. The fraction of sp³-hybridized carbons (Fsp3) is 0.120. The molecule has 0 aliphatic heterocycles. The van der Waals surface area contributed by atoms with Crippen molar-refractivity contribution in [1.82, 2.24) is 0 Å². The van der Waals surface area contributed by atoms with Crippen LogP contribution in [0.3, 0.4) is 0 Å². The lowest BCUT2D eigenvalue weighted by atomic mass is 10.0. The molecule has 1 heterocycles. The van der Waals surface area contributed by atoms with Gasteiger partial charge in [0.1, 0.15) is 16.7 Å². The van der Waals surface area contributed by atoms with Gasteiger partial charge in [0.05, 0.1) is 7.11 Å². The Morgan fingerprint density at radius 3 is 2.52 bits per heavy atom. The van der Waals surface area contributed by atoms with Crippen molar-refractivity contribution in [3.63, 3.8) is 0 Å². The highest BCUT2D eigenvalue weighted by molar-refractivity contribution is 6.32. The zero-order valence-electron chi connectivity index (χ0n) is 17.0. The van der Waals surface area contributed by atoms with E-state index in [1.54, 1.807) is 55.6 Å². The molecule has 0 aliphatic rings. The Balaban J connectivity index is 1.60. The van der Waals surface area contributed by atoms with Gasteiger partial charge in [0.15, 0.2) is 5.76 Å². The molecule has 4 rings (SSSR count). The minimum Gasteiger partial charge on any atom is -0.497 e. The minimum atomic E-state index is -0.819. The molecule has 3 aromatic carbocycles. The minimum absolute atomic E-state index is 0.233. The van der Waals surface area contributed by atoms with Gasteiger partial charge in [-0.2, -0.15) is 0 Å². The highest BCUT2D eigenvalue weighted by atomic mass is 35.5. The van der Waals surface area contributed by atoms with Crippen LogP contribution in [0.1, 0.15) is 32.6 Å². The van der Waals surface area contributed by atoms with Crippen LogP contribution >= 0.6 is 11.6 Å². The summed E-state index contributed by atoms with van der Waals surface area (Å²) in [6.07, 6.45) is 0. The summed E-state index contributed by atoms with van der Waals surface area (Å²) in [5, 5.41) is 2.79. The molecule has 1 atom stereocenters. The maximum absolute atomic E-state index is 13.0. The maximum Gasteiger partial charge on any atom is 0.246 e. The van der Waals surface area contributed by atoms with E-state index >= 15 is 0 Å². The van der Waals surface area contributed by atoms with Gasteiger partial charge in [-0.3, -0.25) is 9.59 Å². The third kappa shape index (κ3) is 4.18. The second-order valence-electron chi connectivity index (χ2n) is 7.09. The molecule has 0 aliphatic carbocycles. The van der Waals surface area contributed by atoms with Crippen molar-refractivity contribution in [2.45, 2.75) is 12.3 Å². The Labute approximate surface area is 184 Å². The number of carbonyl (C=O) groups is 2. The lowest BCUT2D eigenvalue weighted by molar-refractivity contribution is -0.116. The molecule has 1 aromatic heterocycles. The van der Waals surface area contributed by atoms with Crippen LogP contribution in [0.15, 0.2) is 77.2 Å². The fourth-order valence-electron chi connectivity index (χ4n) is 3.39. The summed E-state index contributed by atoms with van der Waals surface area (Å²) in [5.41, 5.74) is 2.96. The van der Waals surface area contributed by atoms with Crippen LogP contribution in [0.25, 0.3) is 11.0 Å². The maximum atomic E-state index is 13.0. The normalized spacial score (nSPS) is 11.8. The number of methoxy groups -OCH3 is 1. The first-order chi connectivity index (χ1) is 15.0. The predicted octanol–water partition coefficient (Wildman–Crippen LogP) is 5.90. The summed E-state index contributed by atoms with van der Waals surface area (Å²) < 4.78 is 11.1. The van der Waals surface area contributed by atoms with Crippen molar-refractivity contribution in [3.8, 4) is 5.75 Å². The number of rotatable bonds is 6. The topological polar surface area (TPSA) is 68.5 Å². The third-order valence-electron chi connectivity index (χ3n) is 5.07. The lowest BCUT2D eigenvalue weighted by Gasteiger charge is -2.10. The summed E-state index contributed by atoms with van der Waals surface area (Å²) in [6, 6.07) is 21.3. The quantitative estimate of drug-likeness (QED) is 0.303. The molecule has 5 nitrogen and oxygen atoms in total. The van der Waals surface area contributed by atoms with Crippen molar-refractivity contribution < 1.29 is 18.7 Å². The number of ketones is 1. The van der Waals surface area contributed by atoms with Gasteiger partial charge in [0.2, 0.25) is 11.7 Å². The van der Waals surface area contributed by atoms with E-state index in [9.17, 15) is 9.59 Å². The molecule has 1 unspecified atom stereocenters. The molecule has 1 amide bonds. The number of fused-ring (bicyclic) bond motifs is 1. The highest BCUT2D eigenvalue weighted by Crippen LogP contribution is 2.30. The standard InChI is InChI=1S/C25H20ClNO4/c1-15-20-12-11-18(27-25(29)22(26)16-7-4-3-5-8-16)14-21(20)31-24(15)23(28)17-9-6-10-19(13-17)30-2/h3-14,22H,1-2H3,(H,27,29). The average molecular weight is 434 g/mol. The number of nitrogens with one attached hydrogen (secondary N) is 1. The van der Waals surface area contributed by atoms with E-state index in [-0.39, 0.29) is 17.5 Å². The molecule has 0 saturated carbocycles. The van der Waals surface area contributed by atoms with E-state index < -0.39 is 5.38 Å². The predicted molar refractivity (Wildman–Crippen MR) is 121 cm³/mol. The molecule has 0 spiro atoms. The number of amides is 1. The van der Waals surface area contributed by atoms with Crippen LogP contribution in [0, 0.1) is 6.92 Å². The smallest absolute Gasteiger partial charge is 0.246 e. The number of carbonyl (C=O) groups excluding carboxylic acids is 2. The number of alkyl halides is 1. The number of hydrogen-bond acceptors (Lipinski definition) is 4. The molecule has 0 radical (unpaired) electrons. The number of benzene rings is 3. The number of aryl methyl sites for hydroxylation is 1. The first-order valence-electron chi connectivity index (χ1n) is 9.69. The van der Waals surface area contributed by atoms with E-state index in [4.69, 9.17) is 20.8 Å². The summed E-state index contributed by atoms with van der Waals surface area (Å²) in [7, 11) is 1.55. The van der Waals surface area contributed by atoms with E-state index in [0.717, 1.165) is 10.9 Å². The van der Waals surface area contributed by atoms with Gasteiger partial charge in [-0.15, -0.1) is 11.6 Å². The Morgan fingerprint density at radius 2 is 1.77 bits per heavy atom. The lowest BCUT2D eigenvalue weighted by Crippen LogP contribution is -2.17. The summed E-state index contributed by atoms with van der Waals surface area (Å²) in [6.45, 7) is 1.84. The number of furan rings is 1. The van der Waals surface area contributed by atoms with Crippen LogP contribution in [-0.2, 0) is 4.79 Å². The van der Waals surface area contributed by atoms with E-state index in [1.807, 2.05) is 31.2 Å². The molecular formula is C25H20ClNO4. The van der Waals surface area contributed by atoms with Crippen molar-refractivity contribution in [2.75, 3.05) is 12.4 Å². The van der Waals surface area contributed by atoms with Crippen LogP contribution in [0.2, 0.25) is 0 Å². The van der Waals surface area contributed by atoms with Gasteiger partial charge in [-0.25, -0.2) is 0 Å². The highest BCUT2D eigenvalue weighted by Gasteiger charge is 2.21. The molecule has 31 heavy (non-hydrogen) atoms. The molecule has 156 valence electrons. The summed E-state index contributed by atoms with van der Waals surface area (Å²) >= 11 is 6.30. The second kappa shape index (κ2) is 8.66. The zero-order valence-corrected chi connectivity index (χ0v) is 17.8. The third-order valence-corrected chi connectivity index (χ3v) is 5.52. The van der Waals surface area contributed by atoms with Crippen molar-refractivity contribution >= 4 is 39.9 Å². The van der Waals surface area contributed by atoms with Crippen molar-refractivity contribution in [1.29, 1.82) is 0 Å². The van der Waals surface area contributed by atoms with Crippen LogP contribution in [0.5, 0.6) is 5.75 Å². The monoisotopic (exact) mass is 433 g/mol. The van der Waals surface area contributed by atoms with Gasteiger partial charge >= 0.3 is 0 Å². The molecule has 1 N–H and O–H groups in total. The SMILES string of the molecule is COc1cccc(C(=O)c2oc3cc(NC(=O)C(Cl)c4ccccc4)ccc3c2C)c1. The van der Waals surface area contributed by atoms with Crippen molar-refractivity contribution in [2.24, 2.45) is 0 Å².